The number of aliphatic hydroxyl groups is 2. The number of carbonyl (C=O) groups is 2. The molecule has 0 saturated carbocycles. The molecule has 35 heavy (non-hydrogen) atoms. The molecule has 0 unspecified atom stereocenters. The maximum Gasteiger partial charge on any atom is 0.252 e. The Morgan fingerprint density at radius 2 is 0.971 bits per heavy atom. The summed E-state index contributed by atoms with van der Waals surface area (Å²) in [5.74, 6) is -2.01. The molecule has 0 radical (unpaired) electrons. The van der Waals surface area contributed by atoms with Crippen molar-refractivity contribution in [2.75, 3.05) is 0 Å². The number of nitrogens with one attached hydrogen (secondary N) is 2. The third kappa shape index (κ3) is 4.43. The number of hydrogen-bond donors (Lipinski definition) is 4. The van der Waals surface area contributed by atoms with Crippen LogP contribution in [0.4, 0.5) is 0 Å². The Balaban J connectivity index is 1.55. The lowest BCUT2D eigenvalue weighted by Crippen LogP contribution is -2.32. The lowest BCUT2D eigenvalue weighted by Gasteiger charge is -2.19. The molecule has 3 aromatic rings. The van der Waals surface area contributed by atoms with Crippen LogP contribution < -0.4 is 10.6 Å². The van der Waals surface area contributed by atoms with Crippen LogP contribution in [-0.4, -0.2) is 34.1 Å². The average molecular weight is 467 g/mol. The molecule has 5 rings (SSSR count). The van der Waals surface area contributed by atoms with Crippen molar-refractivity contribution < 1.29 is 19.8 Å². The smallest absolute Gasteiger partial charge is 0.252 e. The van der Waals surface area contributed by atoms with Gasteiger partial charge in [-0.3, -0.25) is 9.59 Å². The van der Waals surface area contributed by atoms with Gasteiger partial charge >= 0.3 is 0 Å². The molecule has 2 amide bonds. The van der Waals surface area contributed by atoms with Crippen LogP contribution in [0.2, 0.25) is 0 Å². The van der Waals surface area contributed by atoms with E-state index in [1.807, 2.05) is 66.7 Å². The third-order valence-electron chi connectivity index (χ3n) is 6.59. The fourth-order valence-electron chi connectivity index (χ4n) is 4.89. The van der Waals surface area contributed by atoms with Gasteiger partial charge in [0.05, 0.1) is 29.1 Å². The topological polar surface area (TPSA) is 98.7 Å². The highest BCUT2D eigenvalue weighted by molar-refractivity contribution is 6.05. The van der Waals surface area contributed by atoms with E-state index in [1.54, 1.807) is 24.3 Å². The van der Waals surface area contributed by atoms with Crippen molar-refractivity contribution in [3.63, 3.8) is 0 Å². The molecule has 0 aliphatic carbocycles. The number of rotatable bonds is 7. The summed E-state index contributed by atoms with van der Waals surface area (Å²) in [6.07, 6.45) is 0.828. The van der Waals surface area contributed by atoms with Gasteiger partial charge in [-0.15, -0.1) is 0 Å². The van der Waals surface area contributed by atoms with E-state index < -0.39 is 29.8 Å². The molecule has 2 aliphatic heterocycles. The van der Waals surface area contributed by atoms with E-state index in [0.29, 0.717) is 18.4 Å². The highest BCUT2D eigenvalue weighted by atomic mass is 16.3. The minimum absolute atomic E-state index is 0.0918. The molecule has 4 N–H and O–H groups in total. The van der Waals surface area contributed by atoms with E-state index in [-0.39, 0.29) is 22.7 Å². The summed E-state index contributed by atoms with van der Waals surface area (Å²) in [7, 11) is 0. The number of aliphatic hydroxyl groups excluding tert-OH is 2. The Labute approximate surface area is 203 Å². The van der Waals surface area contributed by atoms with E-state index in [2.05, 4.69) is 10.6 Å². The van der Waals surface area contributed by atoms with Crippen LogP contribution in [0.3, 0.4) is 0 Å². The molecule has 0 spiro atoms. The number of amides is 2. The second-order valence-electron chi connectivity index (χ2n) is 8.87. The molecular weight excluding hydrogens is 440 g/mol. The summed E-state index contributed by atoms with van der Waals surface area (Å²) in [4.78, 5) is 26.4. The maximum absolute atomic E-state index is 13.2. The normalized spacial score (nSPS) is 19.9. The fourth-order valence-corrected chi connectivity index (χ4v) is 4.89. The van der Waals surface area contributed by atoms with E-state index in [0.717, 1.165) is 11.1 Å². The average Bonchev–Trinajstić information content (AvgIpc) is 3.31. The summed E-state index contributed by atoms with van der Waals surface area (Å²) in [6, 6.07) is 26.9. The Kier molecular flexibility index (Phi) is 6.10. The first-order valence-corrected chi connectivity index (χ1v) is 11.6. The highest BCUT2D eigenvalue weighted by Gasteiger charge is 2.44. The molecule has 6 heteroatoms. The highest BCUT2D eigenvalue weighted by Crippen LogP contribution is 2.40. The summed E-state index contributed by atoms with van der Waals surface area (Å²) in [5, 5.41) is 28.1. The van der Waals surface area contributed by atoms with E-state index in [9.17, 15) is 19.8 Å². The van der Waals surface area contributed by atoms with Gasteiger partial charge in [0, 0.05) is 0 Å². The third-order valence-corrected chi connectivity index (χ3v) is 6.59. The zero-order valence-corrected chi connectivity index (χ0v) is 19.0. The molecular formula is C29H26N2O4. The SMILES string of the molecule is O=C1N[C@@H](Cc2ccccc2)C(O)=C1C(C1=C(O)[C@H](Cc2ccccc2)NC1=O)c1ccccc1. The number of carbonyl (C=O) groups excluding carboxylic acids is 2. The molecule has 0 fully saturated rings. The summed E-state index contributed by atoms with van der Waals surface area (Å²) in [6.45, 7) is 0. The van der Waals surface area contributed by atoms with Gasteiger partial charge in [0.2, 0.25) is 0 Å². The molecule has 2 atom stereocenters. The maximum atomic E-state index is 13.2. The van der Waals surface area contributed by atoms with Crippen LogP contribution in [-0.2, 0) is 22.4 Å². The first-order valence-electron chi connectivity index (χ1n) is 11.6. The Bertz CT molecular complexity index is 1220. The molecule has 2 heterocycles. The van der Waals surface area contributed by atoms with E-state index in [1.165, 1.54) is 0 Å². The Morgan fingerprint density at radius 1 is 0.600 bits per heavy atom. The number of hydrogen-bond acceptors (Lipinski definition) is 4. The van der Waals surface area contributed by atoms with Crippen LogP contribution in [0.5, 0.6) is 0 Å². The van der Waals surface area contributed by atoms with Crippen molar-refractivity contribution in [1.82, 2.24) is 10.6 Å². The van der Waals surface area contributed by atoms with Crippen LogP contribution in [0, 0.1) is 0 Å². The minimum Gasteiger partial charge on any atom is -0.510 e. The Hall–Kier alpha value is -4.32. The van der Waals surface area contributed by atoms with Crippen molar-refractivity contribution in [1.29, 1.82) is 0 Å². The lowest BCUT2D eigenvalue weighted by molar-refractivity contribution is -0.117. The van der Waals surface area contributed by atoms with Crippen LogP contribution in [0.25, 0.3) is 0 Å². The predicted molar refractivity (Wildman–Crippen MR) is 133 cm³/mol. The molecule has 0 aromatic heterocycles. The van der Waals surface area contributed by atoms with Crippen LogP contribution in [0.1, 0.15) is 22.6 Å². The second-order valence-corrected chi connectivity index (χ2v) is 8.87. The first kappa shape index (κ1) is 22.5. The van der Waals surface area contributed by atoms with Gasteiger partial charge in [-0.25, -0.2) is 0 Å². The quantitative estimate of drug-likeness (QED) is 0.425. The number of benzene rings is 3. The van der Waals surface area contributed by atoms with Gasteiger partial charge < -0.3 is 20.8 Å². The largest absolute Gasteiger partial charge is 0.510 e. The monoisotopic (exact) mass is 466 g/mol. The van der Waals surface area contributed by atoms with Crippen molar-refractivity contribution in [3.05, 3.63) is 130 Å². The van der Waals surface area contributed by atoms with Crippen LogP contribution in [0.15, 0.2) is 114 Å². The first-order chi connectivity index (χ1) is 17.0. The molecule has 2 aliphatic rings. The Morgan fingerprint density at radius 3 is 1.37 bits per heavy atom. The molecule has 0 bridgehead atoms. The zero-order chi connectivity index (χ0) is 24.4. The summed E-state index contributed by atoms with van der Waals surface area (Å²) in [5.41, 5.74) is 2.75. The standard InChI is InChI=1S/C29H26N2O4/c32-26-21(16-18-10-4-1-5-11-18)30-28(34)24(26)23(20-14-8-3-9-15-20)25-27(33)22(31-29(25)35)17-19-12-6-2-7-13-19/h1-15,21-23,32-33H,16-17H2,(H,30,34)(H,31,35)/t21-,22-/m0/s1. The van der Waals surface area contributed by atoms with E-state index >= 15 is 0 Å². The summed E-state index contributed by atoms with van der Waals surface area (Å²) < 4.78 is 0. The molecule has 0 saturated heterocycles. The predicted octanol–water partition coefficient (Wildman–Crippen LogP) is 3.88. The minimum atomic E-state index is -0.905. The van der Waals surface area contributed by atoms with Crippen LogP contribution >= 0.6 is 0 Å². The van der Waals surface area contributed by atoms with Gasteiger partial charge in [-0.05, 0) is 29.5 Å². The molecule has 6 nitrogen and oxygen atoms in total. The molecule has 3 aromatic carbocycles. The summed E-state index contributed by atoms with van der Waals surface area (Å²) >= 11 is 0. The van der Waals surface area contributed by atoms with Gasteiger partial charge in [-0.1, -0.05) is 91.0 Å². The van der Waals surface area contributed by atoms with Crippen molar-refractivity contribution in [2.45, 2.75) is 30.8 Å². The van der Waals surface area contributed by atoms with Gasteiger partial charge in [0.1, 0.15) is 11.5 Å². The lowest BCUT2D eigenvalue weighted by atomic mass is 9.82. The van der Waals surface area contributed by atoms with Gasteiger partial charge in [-0.2, -0.15) is 0 Å². The second kappa shape index (κ2) is 9.50. The van der Waals surface area contributed by atoms with Gasteiger partial charge in [0.15, 0.2) is 0 Å². The molecule has 176 valence electrons. The fraction of sp³-hybridized carbons (Fsp3) is 0.172. The van der Waals surface area contributed by atoms with Gasteiger partial charge in [0.25, 0.3) is 11.8 Å². The zero-order valence-electron chi connectivity index (χ0n) is 19.0. The van der Waals surface area contributed by atoms with Crippen molar-refractivity contribution in [2.24, 2.45) is 0 Å². The van der Waals surface area contributed by atoms with E-state index in [4.69, 9.17) is 0 Å². The van der Waals surface area contributed by atoms with Crippen molar-refractivity contribution in [3.8, 4) is 0 Å². The van der Waals surface area contributed by atoms with Crippen molar-refractivity contribution >= 4 is 11.8 Å².